The molecule has 2 aromatic rings. The zero-order chi connectivity index (χ0) is 11.5. The summed E-state index contributed by atoms with van der Waals surface area (Å²) in [5, 5.41) is 0.602. The first-order valence-corrected chi connectivity index (χ1v) is 5.50. The van der Waals surface area contributed by atoms with Crippen LogP contribution in [0.15, 0.2) is 28.9 Å². The van der Waals surface area contributed by atoms with Crippen molar-refractivity contribution in [2.75, 3.05) is 7.11 Å². The van der Waals surface area contributed by atoms with Gasteiger partial charge in [-0.1, -0.05) is 11.6 Å². The number of hydrogen-bond donors (Lipinski definition) is 0. The van der Waals surface area contributed by atoms with Gasteiger partial charge in [0, 0.05) is 5.02 Å². The normalized spacial score (nSPS) is 10.4. The van der Waals surface area contributed by atoms with Gasteiger partial charge in [-0.3, -0.25) is 0 Å². The van der Waals surface area contributed by atoms with E-state index in [0.29, 0.717) is 28.2 Å². The highest BCUT2D eigenvalue weighted by Crippen LogP contribution is 2.31. The molecule has 3 nitrogen and oxygen atoms in total. The third-order valence-electron chi connectivity index (χ3n) is 2.08. The fourth-order valence-corrected chi connectivity index (χ4v) is 1.62. The Morgan fingerprint density at radius 1 is 1.44 bits per heavy atom. The average Bonchev–Trinajstić information content (AvgIpc) is 2.77. The van der Waals surface area contributed by atoms with E-state index in [2.05, 4.69) is 4.98 Å². The molecule has 0 aliphatic carbocycles. The third kappa shape index (κ3) is 2.15. The molecule has 0 fully saturated rings. The molecule has 0 spiro atoms. The molecule has 0 saturated heterocycles. The van der Waals surface area contributed by atoms with Crippen molar-refractivity contribution in [3.8, 4) is 17.2 Å². The standard InChI is InChI=1S/C11H9Cl2NO2/c1-15-10-4-7(13)2-3-9(10)11-14-8(5-12)6-16-11/h2-4,6H,5H2,1H3. The highest BCUT2D eigenvalue weighted by molar-refractivity contribution is 6.30. The predicted octanol–water partition coefficient (Wildman–Crippen LogP) is 3.74. The number of alkyl halides is 1. The summed E-state index contributed by atoms with van der Waals surface area (Å²) in [7, 11) is 1.57. The molecule has 16 heavy (non-hydrogen) atoms. The summed E-state index contributed by atoms with van der Waals surface area (Å²) in [6.07, 6.45) is 1.52. The molecular weight excluding hydrogens is 249 g/mol. The molecule has 0 N–H and O–H groups in total. The van der Waals surface area contributed by atoms with Gasteiger partial charge in [-0.05, 0) is 18.2 Å². The Hall–Kier alpha value is -1.19. The number of aromatic nitrogens is 1. The van der Waals surface area contributed by atoms with Gasteiger partial charge in [-0.15, -0.1) is 11.6 Å². The van der Waals surface area contributed by atoms with Gasteiger partial charge in [0.15, 0.2) is 0 Å². The van der Waals surface area contributed by atoms with E-state index in [1.54, 1.807) is 25.3 Å². The minimum absolute atomic E-state index is 0.319. The molecule has 0 bridgehead atoms. The van der Waals surface area contributed by atoms with Crippen LogP contribution in [0.3, 0.4) is 0 Å². The molecule has 2 rings (SSSR count). The van der Waals surface area contributed by atoms with Crippen molar-refractivity contribution in [2.45, 2.75) is 5.88 Å². The summed E-state index contributed by atoms with van der Waals surface area (Å²) in [6, 6.07) is 5.26. The van der Waals surface area contributed by atoms with Crippen LogP contribution in [0.1, 0.15) is 5.69 Å². The first-order valence-electron chi connectivity index (χ1n) is 4.59. The molecule has 0 aliphatic rings. The second-order valence-electron chi connectivity index (χ2n) is 3.12. The number of ether oxygens (including phenoxy) is 1. The average molecular weight is 258 g/mol. The largest absolute Gasteiger partial charge is 0.496 e. The van der Waals surface area contributed by atoms with Gasteiger partial charge in [0.25, 0.3) is 0 Å². The highest BCUT2D eigenvalue weighted by Gasteiger charge is 2.12. The van der Waals surface area contributed by atoms with E-state index in [4.69, 9.17) is 32.4 Å². The Kier molecular flexibility index (Phi) is 3.36. The molecule has 1 aromatic heterocycles. The fourth-order valence-electron chi connectivity index (χ4n) is 1.33. The molecule has 0 aliphatic heterocycles. The molecule has 0 saturated carbocycles. The lowest BCUT2D eigenvalue weighted by Gasteiger charge is -2.05. The molecular formula is C11H9Cl2NO2. The number of benzene rings is 1. The lowest BCUT2D eigenvalue weighted by molar-refractivity contribution is 0.414. The van der Waals surface area contributed by atoms with Crippen LogP contribution in [-0.2, 0) is 5.88 Å². The zero-order valence-electron chi connectivity index (χ0n) is 8.54. The van der Waals surface area contributed by atoms with Gasteiger partial charge in [-0.25, -0.2) is 4.98 Å². The van der Waals surface area contributed by atoms with Gasteiger partial charge in [-0.2, -0.15) is 0 Å². The van der Waals surface area contributed by atoms with Gasteiger partial charge in [0.1, 0.15) is 12.0 Å². The van der Waals surface area contributed by atoms with Crippen molar-refractivity contribution in [1.82, 2.24) is 4.98 Å². The van der Waals surface area contributed by atoms with E-state index in [-0.39, 0.29) is 0 Å². The lowest BCUT2D eigenvalue weighted by atomic mass is 10.2. The van der Waals surface area contributed by atoms with E-state index < -0.39 is 0 Å². The van der Waals surface area contributed by atoms with Gasteiger partial charge in [0.05, 0.1) is 24.2 Å². The second kappa shape index (κ2) is 4.76. The number of methoxy groups -OCH3 is 1. The van der Waals surface area contributed by atoms with E-state index >= 15 is 0 Å². The third-order valence-corrected chi connectivity index (χ3v) is 2.59. The minimum Gasteiger partial charge on any atom is -0.496 e. The van der Waals surface area contributed by atoms with Crippen LogP contribution in [0.4, 0.5) is 0 Å². The molecule has 84 valence electrons. The maximum atomic E-state index is 5.86. The molecule has 0 amide bonds. The van der Waals surface area contributed by atoms with E-state index in [1.165, 1.54) is 6.26 Å². The minimum atomic E-state index is 0.319. The van der Waals surface area contributed by atoms with Crippen molar-refractivity contribution < 1.29 is 9.15 Å². The Morgan fingerprint density at radius 2 is 2.25 bits per heavy atom. The number of rotatable bonds is 3. The zero-order valence-corrected chi connectivity index (χ0v) is 10.0. The van der Waals surface area contributed by atoms with Crippen LogP contribution in [0.2, 0.25) is 5.02 Å². The SMILES string of the molecule is COc1cc(Cl)ccc1-c1nc(CCl)co1. The van der Waals surface area contributed by atoms with Crippen LogP contribution in [0.5, 0.6) is 5.75 Å². The van der Waals surface area contributed by atoms with E-state index in [1.807, 2.05) is 0 Å². The summed E-state index contributed by atoms with van der Waals surface area (Å²) in [6.45, 7) is 0. The number of oxazole rings is 1. The molecule has 1 aromatic carbocycles. The molecule has 0 atom stereocenters. The van der Waals surface area contributed by atoms with E-state index in [9.17, 15) is 0 Å². The monoisotopic (exact) mass is 257 g/mol. The molecule has 0 unspecified atom stereocenters. The summed E-state index contributed by atoms with van der Waals surface area (Å²) in [5.41, 5.74) is 1.44. The first-order chi connectivity index (χ1) is 7.74. The Morgan fingerprint density at radius 3 is 2.88 bits per heavy atom. The molecule has 1 heterocycles. The number of nitrogens with zero attached hydrogens (tertiary/aromatic N) is 1. The van der Waals surface area contributed by atoms with Crippen LogP contribution < -0.4 is 4.74 Å². The molecule has 5 heteroatoms. The summed E-state index contributed by atoms with van der Waals surface area (Å²) in [4.78, 5) is 4.22. The van der Waals surface area contributed by atoms with Crippen LogP contribution in [0, 0.1) is 0 Å². The smallest absolute Gasteiger partial charge is 0.229 e. The van der Waals surface area contributed by atoms with Crippen LogP contribution >= 0.6 is 23.2 Å². The quantitative estimate of drug-likeness (QED) is 0.786. The van der Waals surface area contributed by atoms with Gasteiger partial charge in [0.2, 0.25) is 5.89 Å². The first kappa shape index (κ1) is 11.3. The Bertz CT molecular complexity index is 496. The van der Waals surface area contributed by atoms with Crippen molar-refractivity contribution in [3.63, 3.8) is 0 Å². The van der Waals surface area contributed by atoms with Crippen molar-refractivity contribution in [3.05, 3.63) is 35.2 Å². The highest BCUT2D eigenvalue weighted by atomic mass is 35.5. The maximum absolute atomic E-state index is 5.86. The van der Waals surface area contributed by atoms with Crippen molar-refractivity contribution in [1.29, 1.82) is 0 Å². The van der Waals surface area contributed by atoms with Crippen molar-refractivity contribution in [2.24, 2.45) is 0 Å². The number of halogens is 2. The Balaban J connectivity index is 2.46. The van der Waals surface area contributed by atoms with Crippen molar-refractivity contribution >= 4 is 23.2 Å². The van der Waals surface area contributed by atoms with Gasteiger partial charge < -0.3 is 9.15 Å². The topological polar surface area (TPSA) is 35.3 Å². The summed E-state index contributed by atoms with van der Waals surface area (Å²) < 4.78 is 10.5. The predicted molar refractivity (Wildman–Crippen MR) is 63.1 cm³/mol. The maximum Gasteiger partial charge on any atom is 0.229 e. The van der Waals surface area contributed by atoms with E-state index in [0.717, 1.165) is 5.56 Å². The van der Waals surface area contributed by atoms with Gasteiger partial charge >= 0.3 is 0 Å². The number of hydrogen-bond acceptors (Lipinski definition) is 3. The van der Waals surface area contributed by atoms with Crippen LogP contribution in [-0.4, -0.2) is 12.1 Å². The summed E-state index contributed by atoms with van der Waals surface area (Å²) >= 11 is 11.5. The van der Waals surface area contributed by atoms with Crippen LogP contribution in [0.25, 0.3) is 11.5 Å². The Labute approximate surface area is 103 Å². The lowest BCUT2D eigenvalue weighted by Crippen LogP contribution is -1.88. The second-order valence-corrected chi connectivity index (χ2v) is 3.83. The fraction of sp³-hybridized carbons (Fsp3) is 0.182. The molecule has 0 radical (unpaired) electrons. The summed E-state index contributed by atoms with van der Waals surface area (Å²) in [5.74, 6) is 1.42.